The van der Waals surface area contributed by atoms with Crippen LogP contribution in [0.2, 0.25) is 0 Å². The van der Waals surface area contributed by atoms with Crippen LogP contribution < -0.4 is 5.73 Å². The summed E-state index contributed by atoms with van der Waals surface area (Å²) in [5.41, 5.74) is 9.04. The molecule has 0 bridgehead atoms. The molecule has 1 aliphatic carbocycles. The fraction of sp³-hybridized carbons (Fsp3) is 0.600. The van der Waals surface area contributed by atoms with Gasteiger partial charge in [0.1, 0.15) is 0 Å². The van der Waals surface area contributed by atoms with Crippen molar-refractivity contribution < 1.29 is 4.74 Å². The van der Waals surface area contributed by atoms with E-state index in [2.05, 4.69) is 36.1 Å². The lowest BCUT2D eigenvalue weighted by atomic mass is 10.0. The van der Waals surface area contributed by atoms with Crippen molar-refractivity contribution in [2.24, 2.45) is 5.73 Å². The van der Waals surface area contributed by atoms with E-state index in [-0.39, 0.29) is 6.04 Å². The first kappa shape index (κ1) is 12.2. The molecule has 1 aromatic carbocycles. The van der Waals surface area contributed by atoms with E-state index in [1.165, 1.54) is 11.1 Å². The van der Waals surface area contributed by atoms with Crippen LogP contribution >= 0.6 is 0 Å². The molecule has 0 aromatic heterocycles. The van der Waals surface area contributed by atoms with E-state index < -0.39 is 0 Å². The zero-order valence-corrected chi connectivity index (χ0v) is 11.0. The summed E-state index contributed by atoms with van der Waals surface area (Å²) in [5, 5.41) is 0. The standard InChI is InChI=1S/C15H22N2O/c1-2-11-10-18-8-7-17(11)15-9-14(16)12-5-3-4-6-13(12)15/h3-6,11,14-15H,2,7-10,16H2,1H3. The van der Waals surface area contributed by atoms with Crippen LogP contribution in [0.15, 0.2) is 24.3 Å². The highest BCUT2D eigenvalue weighted by Gasteiger charge is 2.36. The van der Waals surface area contributed by atoms with Gasteiger partial charge in [-0.25, -0.2) is 0 Å². The molecule has 1 fully saturated rings. The molecule has 1 saturated heterocycles. The van der Waals surface area contributed by atoms with Crippen molar-refractivity contribution in [3.8, 4) is 0 Å². The highest BCUT2D eigenvalue weighted by Crippen LogP contribution is 2.42. The second-order valence-electron chi connectivity index (χ2n) is 5.36. The molecule has 1 heterocycles. The van der Waals surface area contributed by atoms with Gasteiger partial charge in [0.2, 0.25) is 0 Å². The summed E-state index contributed by atoms with van der Waals surface area (Å²) in [5.74, 6) is 0. The SMILES string of the molecule is CCC1COCCN1C1CC(N)c2ccccc21. The van der Waals surface area contributed by atoms with Crippen LogP contribution in [0.25, 0.3) is 0 Å². The Morgan fingerprint density at radius 3 is 2.89 bits per heavy atom. The van der Waals surface area contributed by atoms with Gasteiger partial charge in [0, 0.05) is 24.7 Å². The third-order valence-corrected chi connectivity index (χ3v) is 4.38. The molecule has 3 unspecified atom stereocenters. The highest BCUT2D eigenvalue weighted by atomic mass is 16.5. The third-order valence-electron chi connectivity index (χ3n) is 4.38. The monoisotopic (exact) mass is 246 g/mol. The second kappa shape index (κ2) is 5.00. The van der Waals surface area contributed by atoms with E-state index in [9.17, 15) is 0 Å². The largest absolute Gasteiger partial charge is 0.378 e. The fourth-order valence-electron chi connectivity index (χ4n) is 3.39. The van der Waals surface area contributed by atoms with Crippen LogP contribution in [0.4, 0.5) is 0 Å². The Morgan fingerprint density at radius 2 is 2.11 bits per heavy atom. The van der Waals surface area contributed by atoms with Gasteiger partial charge in [-0.3, -0.25) is 4.90 Å². The zero-order valence-electron chi connectivity index (χ0n) is 11.0. The molecule has 3 atom stereocenters. The Hall–Kier alpha value is -0.900. The number of hydrogen-bond donors (Lipinski definition) is 1. The maximum absolute atomic E-state index is 6.27. The number of nitrogens with two attached hydrogens (primary N) is 1. The van der Waals surface area contributed by atoms with Crippen LogP contribution in [0.1, 0.15) is 43.0 Å². The molecule has 2 aliphatic rings. The molecule has 3 heteroatoms. The Balaban J connectivity index is 1.89. The first-order valence-corrected chi connectivity index (χ1v) is 6.99. The normalized spacial score (nSPS) is 32.4. The lowest BCUT2D eigenvalue weighted by molar-refractivity contribution is -0.0313. The topological polar surface area (TPSA) is 38.5 Å². The molecule has 0 radical (unpaired) electrons. The van der Waals surface area contributed by atoms with Gasteiger partial charge in [-0.15, -0.1) is 0 Å². The average Bonchev–Trinajstić information content (AvgIpc) is 2.77. The quantitative estimate of drug-likeness (QED) is 0.869. The summed E-state index contributed by atoms with van der Waals surface area (Å²) in [4.78, 5) is 2.61. The van der Waals surface area contributed by atoms with Gasteiger partial charge in [0.05, 0.1) is 13.2 Å². The molecule has 18 heavy (non-hydrogen) atoms. The Bertz CT molecular complexity index is 421. The minimum Gasteiger partial charge on any atom is -0.378 e. The summed E-state index contributed by atoms with van der Waals surface area (Å²) in [6.07, 6.45) is 2.20. The number of fused-ring (bicyclic) bond motifs is 1. The van der Waals surface area contributed by atoms with Gasteiger partial charge in [0.25, 0.3) is 0 Å². The highest BCUT2D eigenvalue weighted by molar-refractivity contribution is 5.37. The zero-order chi connectivity index (χ0) is 12.5. The van der Waals surface area contributed by atoms with Crippen LogP contribution in [0, 0.1) is 0 Å². The number of benzene rings is 1. The van der Waals surface area contributed by atoms with E-state index >= 15 is 0 Å². The molecule has 0 amide bonds. The lowest BCUT2D eigenvalue weighted by Crippen LogP contribution is -2.46. The summed E-state index contributed by atoms with van der Waals surface area (Å²) in [7, 11) is 0. The minimum absolute atomic E-state index is 0.201. The molecule has 0 spiro atoms. The van der Waals surface area contributed by atoms with E-state index in [0.717, 1.165) is 32.6 Å². The van der Waals surface area contributed by atoms with Crippen molar-refractivity contribution in [3.63, 3.8) is 0 Å². The molecule has 1 aromatic rings. The van der Waals surface area contributed by atoms with E-state index in [0.29, 0.717) is 12.1 Å². The van der Waals surface area contributed by atoms with Crippen LogP contribution in [0.3, 0.4) is 0 Å². The van der Waals surface area contributed by atoms with Crippen molar-refractivity contribution in [2.75, 3.05) is 19.8 Å². The molecular formula is C15H22N2O. The fourth-order valence-corrected chi connectivity index (χ4v) is 3.39. The van der Waals surface area contributed by atoms with Crippen LogP contribution in [0.5, 0.6) is 0 Å². The minimum atomic E-state index is 0.201. The number of nitrogens with zero attached hydrogens (tertiary/aromatic N) is 1. The van der Waals surface area contributed by atoms with Gasteiger partial charge in [-0.1, -0.05) is 31.2 Å². The number of rotatable bonds is 2. The van der Waals surface area contributed by atoms with Crippen molar-refractivity contribution in [1.29, 1.82) is 0 Å². The predicted molar refractivity (Wildman–Crippen MR) is 72.3 cm³/mol. The third kappa shape index (κ3) is 1.96. The first-order valence-electron chi connectivity index (χ1n) is 6.99. The molecule has 98 valence electrons. The summed E-state index contributed by atoms with van der Waals surface area (Å²) < 4.78 is 5.60. The lowest BCUT2D eigenvalue weighted by Gasteiger charge is -2.39. The molecule has 2 N–H and O–H groups in total. The summed E-state index contributed by atoms with van der Waals surface area (Å²) >= 11 is 0. The van der Waals surface area contributed by atoms with Crippen molar-refractivity contribution in [1.82, 2.24) is 4.90 Å². The van der Waals surface area contributed by atoms with E-state index in [1.807, 2.05) is 0 Å². The van der Waals surface area contributed by atoms with Crippen molar-refractivity contribution >= 4 is 0 Å². The number of hydrogen-bond acceptors (Lipinski definition) is 3. The van der Waals surface area contributed by atoms with Gasteiger partial charge in [0.15, 0.2) is 0 Å². The van der Waals surface area contributed by atoms with Gasteiger partial charge < -0.3 is 10.5 Å². The van der Waals surface area contributed by atoms with Gasteiger partial charge >= 0.3 is 0 Å². The van der Waals surface area contributed by atoms with Crippen LogP contribution in [-0.2, 0) is 4.74 Å². The summed E-state index contributed by atoms with van der Waals surface area (Å²) in [6.45, 7) is 4.99. The Labute approximate surface area is 109 Å². The Kier molecular flexibility index (Phi) is 3.37. The van der Waals surface area contributed by atoms with Gasteiger partial charge in [-0.05, 0) is 24.0 Å². The smallest absolute Gasteiger partial charge is 0.0622 e. The molecule has 1 aliphatic heterocycles. The first-order chi connectivity index (χ1) is 8.81. The molecular weight excluding hydrogens is 224 g/mol. The summed E-state index contributed by atoms with van der Waals surface area (Å²) in [6, 6.07) is 9.89. The molecule has 0 saturated carbocycles. The van der Waals surface area contributed by atoms with E-state index in [1.54, 1.807) is 0 Å². The molecule has 3 rings (SSSR count). The van der Waals surface area contributed by atoms with Crippen molar-refractivity contribution in [3.05, 3.63) is 35.4 Å². The van der Waals surface area contributed by atoms with Gasteiger partial charge in [-0.2, -0.15) is 0 Å². The predicted octanol–water partition coefficient (Wildman–Crippen LogP) is 2.24. The Morgan fingerprint density at radius 1 is 1.33 bits per heavy atom. The average molecular weight is 246 g/mol. The maximum atomic E-state index is 6.27. The maximum Gasteiger partial charge on any atom is 0.0622 e. The van der Waals surface area contributed by atoms with E-state index in [4.69, 9.17) is 10.5 Å². The number of morpholine rings is 1. The van der Waals surface area contributed by atoms with Crippen molar-refractivity contribution in [2.45, 2.75) is 37.9 Å². The molecule has 3 nitrogen and oxygen atoms in total. The number of ether oxygens (including phenoxy) is 1. The second-order valence-corrected chi connectivity index (χ2v) is 5.36. The van der Waals surface area contributed by atoms with Crippen LogP contribution in [-0.4, -0.2) is 30.7 Å².